The minimum Gasteiger partial charge on any atom is -0.348 e. The van der Waals surface area contributed by atoms with Crippen LogP contribution < -0.4 is 0 Å². The molecule has 1 aromatic heterocycles. The molecule has 4 rings (SSSR count). The van der Waals surface area contributed by atoms with Crippen molar-refractivity contribution < 1.29 is 4.79 Å². The van der Waals surface area contributed by atoms with E-state index < -0.39 is 0 Å². The predicted octanol–water partition coefficient (Wildman–Crippen LogP) is 3.01. The van der Waals surface area contributed by atoms with E-state index in [0.717, 1.165) is 44.0 Å². The summed E-state index contributed by atoms with van der Waals surface area (Å²) in [6, 6.07) is 0. The molecule has 1 N–H and O–H groups in total. The number of aromatic amines is 1. The van der Waals surface area contributed by atoms with Gasteiger partial charge in [-0.25, -0.2) is 4.98 Å². The number of imidazole rings is 1. The molecule has 142 valence electrons. The van der Waals surface area contributed by atoms with E-state index in [1.165, 1.54) is 51.7 Å². The fourth-order valence-corrected chi connectivity index (χ4v) is 4.99. The van der Waals surface area contributed by atoms with Crippen molar-refractivity contribution in [1.29, 1.82) is 0 Å². The van der Waals surface area contributed by atoms with Crippen molar-refractivity contribution in [2.24, 2.45) is 11.3 Å². The summed E-state index contributed by atoms with van der Waals surface area (Å²) < 4.78 is 0. The number of carbonyl (C=O) groups excluding carboxylic acids is 1. The highest BCUT2D eigenvalue weighted by atomic mass is 16.2. The van der Waals surface area contributed by atoms with E-state index in [1.54, 1.807) is 6.33 Å². The van der Waals surface area contributed by atoms with Gasteiger partial charge in [-0.15, -0.1) is 0 Å². The van der Waals surface area contributed by atoms with E-state index in [0.29, 0.717) is 11.3 Å². The van der Waals surface area contributed by atoms with Gasteiger partial charge >= 0.3 is 0 Å². The Morgan fingerprint density at radius 1 is 1.23 bits per heavy atom. The highest BCUT2D eigenvalue weighted by Crippen LogP contribution is 2.40. The van der Waals surface area contributed by atoms with E-state index in [4.69, 9.17) is 0 Å². The third-order valence-electron chi connectivity index (χ3n) is 6.76. The Bertz CT molecular complexity index is 616. The predicted molar refractivity (Wildman–Crippen MR) is 103 cm³/mol. The van der Waals surface area contributed by atoms with Crippen LogP contribution >= 0.6 is 0 Å². The van der Waals surface area contributed by atoms with Crippen LogP contribution in [0.2, 0.25) is 0 Å². The van der Waals surface area contributed by atoms with Crippen molar-refractivity contribution >= 4 is 5.91 Å². The first-order chi connectivity index (χ1) is 12.7. The van der Waals surface area contributed by atoms with E-state index in [-0.39, 0.29) is 0 Å². The zero-order valence-corrected chi connectivity index (χ0v) is 15.8. The molecule has 1 spiro atoms. The summed E-state index contributed by atoms with van der Waals surface area (Å²) in [5, 5.41) is 0. The number of H-pyrrole nitrogens is 1. The summed E-state index contributed by atoms with van der Waals surface area (Å²) in [6.07, 6.45) is 17.4. The van der Waals surface area contributed by atoms with Crippen molar-refractivity contribution in [3.63, 3.8) is 0 Å². The molecule has 0 aromatic carbocycles. The van der Waals surface area contributed by atoms with Gasteiger partial charge in [0.1, 0.15) is 0 Å². The Morgan fingerprint density at radius 2 is 2.12 bits per heavy atom. The third-order valence-corrected chi connectivity index (χ3v) is 6.76. The number of hydrogen-bond donors (Lipinski definition) is 1. The van der Waals surface area contributed by atoms with Crippen LogP contribution in [0.25, 0.3) is 0 Å². The molecule has 26 heavy (non-hydrogen) atoms. The topological polar surface area (TPSA) is 52.2 Å². The van der Waals surface area contributed by atoms with Gasteiger partial charge in [-0.1, -0.05) is 12.2 Å². The number of piperidine rings is 2. The molecule has 1 unspecified atom stereocenters. The number of nitrogens with one attached hydrogen (secondary N) is 1. The molecule has 0 bridgehead atoms. The molecule has 2 saturated heterocycles. The van der Waals surface area contributed by atoms with Crippen molar-refractivity contribution in [2.75, 3.05) is 32.7 Å². The molecule has 1 aromatic rings. The molecule has 2 aliphatic heterocycles. The monoisotopic (exact) mass is 356 g/mol. The van der Waals surface area contributed by atoms with Gasteiger partial charge in [-0.3, -0.25) is 4.79 Å². The zero-order chi connectivity index (χ0) is 17.8. The maximum Gasteiger partial charge on any atom is 0.222 e. The van der Waals surface area contributed by atoms with E-state index >= 15 is 0 Å². The highest BCUT2D eigenvalue weighted by Gasteiger charge is 2.40. The molecule has 5 nitrogen and oxygen atoms in total. The Morgan fingerprint density at radius 3 is 2.85 bits per heavy atom. The largest absolute Gasteiger partial charge is 0.348 e. The van der Waals surface area contributed by atoms with Crippen LogP contribution in [0, 0.1) is 11.3 Å². The SMILES string of the molecule is O=C1CCC2(CCN(CC3CC=CCC3)CC2)CN1CCc1cnc[nH]1. The lowest BCUT2D eigenvalue weighted by atomic mass is 9.72. The Hall–Kier alpha value is -1.62. The number of amides is 1. The zero-order valence-electron chi connectivity index (χ0n) is 15.8. The number of rotatable bonds is 5. The first-order valence-electron chi connectivity index (χ1n) is 10.3. The van der Waals surface area contributed by atoms with Crippen LogP contribution in [0.5, 0.6) is 0 Å². The second-order valence-corrected chi connectivity index (χ2v) is 8.59. The fraction of sp³-hybridized carbons (Fsp3) is 0.714. The van der Waals surface area contributed by atoms with Crippen molar-refractivity contribution in [2.45, 2.75) is 51.4 Å². The van der Waals surface area contributed by atoms with Crippen LogP contribution in [0.4, 0.5) is 0 Å². The van der Waals surface area contributed by atoms with Gasteiger partial charge in [0.05, 0.1) is 6.33 Å². The highest BCUT2D eigenvalue weighted by molar-refractivity contribution is 5.77. The average molecular weight is 357 g/mol. The number of aromatic nitrogens is 2. The van der Waals surface area contributed by atoms with Crippen LogP contribution in [-0.2, 0) is 11.2 Å². The molecule has 0 radical (unpaired) electrons. The molecule has 1 atom stereocenters. The van der Waals surface area contributed by atoms with Gasteiger partial charge in [0.25, 0.3) is 0 Å². The van der Waals surface area contributed by atoms with Crippen molar-refractivity contribution in [3.05, 3.63) is 30.4 Å². The van der Waals surface area contributed by atoms with Gasteiger partial charge in [-0.05, 0) is 62.9 Å². The molecule has 3 aliphatic rings. The Balaban J connectivity index is 1.28. The molecule has 1 amide bonds. The quantitative estimate of drug-likeness (QED) is 0.825. The standard InChI is InChI=1S/C21H32N4O/c26-20-6-8-21(16-25(20)11-7-19-14-22-17-23-19)9-12-24(13-10-21)15-18-4-2-1-3-5-18/h1-2,14,17-18H,3-13,15-16H2,(H,22,23). The Kier molecular flexibility index (Phi) is 5.44. The summed E-state index contributed by atoms with van der Waals surface area (Å²) >= 11 is 0. The molecule has 1 aliphatic carbocycles. The van der Waals surface area contributed by atoms with Gasteiger partial charge in [0.15, 0.2) is 0 Å². The minimum absolute atomic E-state index is 0.339. The lowest BCUT2D eigenvalue weighted by Gasteiger charge is -2.48. The first-order valence-corrected chi connectivity index (χ1v) is 10.3. The van der Waals surface area contributed by atoms with Crippen LogP contribution in [-0.4, -0.2) is 58.4 Å². The van der Waals surface area contributed by atoms with Crippen LogP contribution in [0.3, 0.4) is 0 Å². The van der Waals surface area contributed by atoms with Crippen LogP contribution in [0.15, 0.2) is 24.7 Å². The smallest absolute Gasteiger partial charge is 0.222 e. The summed E-state index contributed by atoms with van der Waals surface area (Å²) in [6.45, 7) is 5.47. The third kappa shape index (κ3) is 4.20. The summed E-state index contributed by atoms with van der Waals surface area (Å²) in [5.74, 6) is 1.19. The minimum atomic E-state index is 0.339. The van der Waals surface area contributed by atoms with Crippen molar-refractivity contribution in [1.82, 2.24) is 19.8 Å². The molecular formula is C21H32N4O. The first kappa shape index (κ1) is 17.8. The number of likely N-dealkylation sites (tertiary alicyclic amines) is 2. The Labute approximate surface area is 156 Å². The van der Waals surface area contributed by atoms with Crippen LogP contribution in [0.1, 0.15) is 50.6 Å². The maximum absolute atomic E-state index is 12.4. The second kappa shape index (κ2) is 7.95. The van der Waals surface area contributed by atoms with E-state index in [2.05, 4.69) is 31.9 Å². The molecule has 0 saturated carbocycles. The summed E-state index contributed by atoms with van der Waals surface area (Å²) in [5.41, 5.74) is 1.49. The fourth-order valence-electron chi connectivity index (χ4n) is 4.99. The van der Waals surface area contributed by atoms with Gasteiger partial charge < -0.3 is 14.8 Å². The van der Waals surface area contributed by atoms with E-state index in [9.17, 15) is 4.79 Å². The summed E-state index contributed by atoms with van der Waals surface area (Å²) in [7, 11) is 0. The lowest BCUT2D eigenvalue weighted by Crippen LogP contribution is -2.52. The molecule has 5 heteroatoms. The second-order valence-electron chi connectivity index (χ2n) is 8.59. The number of allylic oxidation sites excluding steroid dienone is 2. The van der Waals surface area contributed by atoms with E-state index in [1.807, 2.05) is 6.20 Å². The molecular weight excluding hydrogens is 324 g/mol. The van der Waals surface area contributed by atoms with Gasteiger partial charge in [0, 0.05) is 44.4 Å². The van der Waals surface area contributed by atoms with Gasteiger partial charge in [0.2, 0.25) is 5.91 Å². The lowest BCUT2D eigenvalue weighted by molar-refractivity contribution is -0.139. The van der Waals surface area contributed by atoms with Crippen molar-refractivity contribution in [3.8, 4) is 0 Å². The van der Waals surface area contributed by atoms with Gasteiger partial charge in [-0.2, -0.15) is 0 Å². The average Bonchev–Trinajstić information content (AvgIpc) is 3.19. The number of nitrogens with zero attached hydrogens (tertiary/aromatic N) is 3. The summed E-state index contributed by atoms with van der Waals surface area (Å²) in [4.78, 5) is 24.4. The number of carbonyl (C=O) groups is 1. The maximum atomic E-state index is 12.4. The normalized spacial score (nSPS) is 26.5. The molecule has 2 fully saturated rings. The number of hydrogen-bond acceptors (Lipinski definition) is 3. The molecule has 3 heterocycles.